The zero-order chi connectivity index (χ0) is 24.4. The summed E-state index contributed by atoms with van der Waals surface area (Å²) in [7, 11) is 0. The van der Waals surface area contributed by atoms with Crippen molar-refractivity contribution in [2.24, 2.45) is 0 Å². The van der Waals surface area contributed by atoms with Gasteiger partial charge in [-0.05, 0) is 72.2 Å². The maximum Gasteiger partial charge on any atom is 0.323 e. The van der Waals surface area contributed by atoms with Gasteiger partial charge >= 0.3 is 6.03 Å². The van der Waals surface area contributed by atoms with Gasteiger partial charge in [-0.15, -0.1) is 0 Å². The lowest BCUT2D eigenvalue weighted by molar-refractivity contribution is -0.136. The molecule has 1 aliphatic heterocycles. The van der Waals surface area contributed by atoms with Crippen LogP contribution >= 0.6 is 0 Å². The van der Waals surface area contributed by atoms with Gasteiger partial charge in [-0.2, -0.15) is 0 Å². The third-order valence-electron chi connectivity index (χ3n) is 6.88. The third-order valence-corrected chi connectivity index (χ3v) is 6.88. The third kappa shape index (κ3) is 5.02. The Morgan fingerprint density at radius 3 is 2.51 bits per heavy atom. The maximum atomic E-state index is 13.0. The summed E-state index contributed by atoms with van der Waals surface area (Å²) in [6, 6.07) is 21.5. The molecule has 2 N–H and O–H groups in total. The summed E-state index contributed by atoms with van der Waals surface area (Å²) < 4.78 is 5.84. The Balaban J connectivity index is 1.32. The summed E-state index contributed by atoms with van der Waals surface area (Å²) in [6.07, 6.45) is 3.04. The SMILES string of the molecule is CC(C)c1ccc(NC(=O)Nc2ccc3c(c2)CN([C@H]2CCCc4ccccc42)C(=O)CO3)cc1. The minimum absolute atomic E-state index is 0.0139. The van der Waals surface area contributed by atoms with E-state index in [0.717, 1.165) is 30.5 Å². The quantitative estimate of drug-likeness (QED) is 0.474. The highest BCUT2D eigenvalue weighted by Crippen LogP contribution is 2.37. The second kappa shape index (κ2) is 9.82. The first-order valence-electron chi connectivity index (χ1n) is 12.3. The lowest BCUT2D eigenvalue weighted by atomic mass is 9.86. The van der Waals surface area contributed by atoms with Crippen LogP contribution in [0.15, 0.2) is 66.7 Å². The Hall–Kier alpha value is -3.80. The van der Waals surface area contributed by atoms with Gasteiger partial charge in [0.05, 0.1) is 12.6 Å². The molecule has 3 amide bonds. The average molecular weight is 470 g/mol. The molecule has 3 aromatic carbocycles. The maximum absolute atomic E-state index is 13.0. The molecule has 6 heteroatoms. The molecular weight excluding hydrogens is 438 g/mol. The van der Waals surface area contributed by atoms with Crippen LogP contribution in [0.2, 0.25) is 0 Å². The number of nitrogens with one attached hydrogen (secondary N) is 2. The predicted molar refractivity (Wildman–Crippen MR) is 138 cm³/mol. The summed E-state index contributed by atoms with van der Waals surface area (Å²) in [5.41, 5.74) is 6.04. The second-order valence-corrected chi connectivity index (χ2v) is 9.60. The van der Waals surface area contributed by atoms with Crippen molar-refractivity contribution in [3.8, 4) is 5.75 Å². The molecule has 0 bridgehead atoms. The van der Waals surface area contributed by atoms with Crippen molar-refractivity contribution in [2.45, 2.75) is 51.6 Å². The Labute approximate surface area is 206 Å². The van der Waals surface area contributed by atoms with Crippen molar-refractivity contribution in [1.82, 2.24) is 4.90 Å². The summed E-state index contributed by atoms with van der Waals surface area (Å²) >= 11 is 0. The minimum Gasteiger partial charge on any atom is -0.483 e. The predicted octanol–water partition coefficient (Wildman–Crippen LogP) is 6.25. The Kier molecular flexibility index (Phi) is 6.45. The number of ether oxygens (including phenoxy) is 1. The molecule has 3 aromatic rings. The number of amides is 3. The number of hydrogen-bond acceptors (Lipinski definition) is 3. The van der Waals surface area contributed by atoms with E-state index >= 15 is 0 Å². The lowest BCUT2D eigenvalue weighted by Crippen LogP contribution is -2.37. The Bertz CT molecular complexity index is 1240. The van der Waals surface area contributed by atoms with Crippen molar-refractivity contribution in [3.05, 3.63) is 89.0 Å². The smallest absolute Gasteiger partial charge is 0.323 e. The number of aryl methyl sites for hydroxylation is 1. The second-order valence-electron chi connectivity index (χ2n) is 9.60. The fourth-order valence-electron chi connectivity index (χ4n) is 5.00. The van der Waals surface area contributed by atoms with Gasteiger partial charge in [-0.3, -0.25) is 4.79 Å². The summed E-state index contributed by atoms with van der Waals surface area (Å²) in [6.45, 7) is 4.74. The minimum atomic E-state index is -0.314. The van der Waals surface area contributed by atoms with E-state index in [9.17, 15) is 9.59 Å². The fourth-order valence-corrected chi connectivity index (χ4v) is 5.00. The van der Waals surface area contributed by atoms with E-state index in [1.54, 1.807) is 6.07 Å². The summed E-state index contributed by atoms with van der Waals surface area (Å²) in [4.78, 5) is 27.6. The average Bonchev–Trinajstić information content (AvgIpc) is 3.02. The van der Waals surface area contributed by atoms with Crippen molar-refractivity contribution in [2.75, 3.05) is 17.2 Å². The molecule has 6 nitrogen and oxygen atoms in total. The van der Waals surface area contributed by atoms with E-state index in [1.165, 1.54) is 16.7 Å². The molecule has 35 heavy (non-hydrogen) atoms. The molecule has 0 saturated carbocycles. The lowest BCUT2D eigenvalue weighted by Gasteiger charge is -2.35. The number of carbonyl (C=O) groups excluding carboxylic acids is 2. The highest BCUT2D eigenvalue weighted by atomic mass is 16.5. The van der Waals surface area contributed by atoms with Crippen LogP contribution in [0.5, 0.6) is 5.75 Å². The van der Waals surface area contributed by atoms with Gasteiger partial charge in [0.2, 0.25) is 0 Å². The fraction of sp³-hybridized carbons (Fsp3) is 0.310. The first-order chi connectivity index (χ1) is 17.0. The largest absolute Gasteiger partial charge is 0.483 e. The van der Waals surface area contributed by atoms with Crippen LogP contribution in [-0.4, -0.2) is 23.4 Å². The number of benzene rings is 3. The van der Waals surface area contributed by atoms with Crippen LogP contribution in [0.4, 0.5) is 16.2 Å². The van der Waals surface area contributed by atoms with Crippen LogP contribution in [0, 0.1) is 0 Å². The van der Waals surface area contributed by atoms with Crippen molar-refractivity contribution < 1.29 is 14.3 Å². The highest BCUT2D eigenvalue weighted by molar-refractivity contribution is 5.99. The molecule has 5 rings (SSSR count). The molecular formula is C29H31N3O3. The molecule has 2 aliphatic rings. The molecule has 1 atom stereocenters. The molecule has 0 fully saturated rings. The van der Waals surface area contributed by atoms with Gasteiger partial charge in [0.1, 0.15) is 5.75 Å². The number of nitrogens with zero attached hydrogens (tertiary/aromatic N) is 1. The number of urea groups is 1. The highest BCUT2D eigenvalue weighted by Gasteiger charge is 2.32. The van der Waals surface area contributed by atoms with Crippen LogP contribution in [0.3, 0.4) is 0 Å². The summed E-state index contributed by atoms with van der Waals surface area (Å²) in [5.74, 6) is 1.10. The van der Waals surface area contributed by atoms with E-state index in [0.29, 0.717) is 23.9 Å². The molecule has 0 saturated heterocycles. The van der Waals surface area contributed by atoms with E-state index in [1.807, 2.05) is 47.4 Å². The van der Waals surface area contributed by atoms with Gasteiger partial charge in [-0.1, -0.05) is 50.2 Å². The van der Waals surface area contributed by atoms with Gasteiger partial charge in [0.15, 0.2) is 6.61 Å². The molecule has 1 heterocycles. The van der Waals surface area contributed by atoms with Gasteiger partial charge in [0.25, 0.3) is 5.91 Å². The van der Waals surface area contributed by atoms with Crippen LogP contribution in [0.25, 0.3) is 0 Å². The number of anilines is 2. The molecule has 180 valence electrons. The number of hydrogen-bond donors (Lipinski definition) is 2. The van der Waals surface area contributed by atoms with Crippen molar-refractivity contribution >= 4 is 23.3 Å². The Morgan fingerprint density at radius 1 is 0.971 bits per heavy atom. The van der Waals surface area contributed by atoms with Crippen LogP contribution in [0.1, 0.15) is 60.9 Å². The van der Waals surface area contributed by atoms with E-state index in [-0.39, 0.29) is 24.6 Å². The van der Waals surface area contributed by atoms with Gasteiger partial charge in [-0.25, -0.2) is 4.79 Å². The van der Waals surface area contributed by atoms with E-state index in [4.69, 9.17) is 4.74 Å². The molecule has 0 unspecified atom stereocenters. The number of carbonyl (C=O) groups is 2. The standard InChI is InChI=1S/C29H31N3O3/c1-19(2)20-10-12-23(13-11-20)30-29(34)31-24-14-15-27-22(16-24)17-32(28(33)18-35-27)26-9-5-7-21-6-3-4-8-25(21)26/h3-4,6,8,10-16,19,26H,5,7,9,17-18H2,1-2H3,(H2,30,31,34)/t26-/m0/s1. The van der Waals surface area contributed by atoms with Gasteiger partial charge < -0.3 is 20.3 Å². The van der Waals surface area contributed by atoms with Crippen LogP contribution in [-0.2, 0) is 17.8 Å². The van der Waals surface area contributed by atoms with Crippen LogP contribution < -0.4 is 15.4 Å². The normalized spacial score (nSPS) is 17.2. The zero-order valence-corrected chi connectivity index (χ0v) is 20.2. The first kappa shape index (κ1) is 23.0. The Morgan fingerprint density at radius 2 is 1.71 bits per heavy atom. The number of fused-ring (bicyclic) bond motifs is 2. The molecule has 0 radical (unpaired) electrons. The molecule has 1 aliphatic carbocycles. The molecule has 0 aromatic heterocycles. The monoisotopic (exact) mass is 469 g/mol. The topological polar surface area (TPSA) is 70.7 Å². The van der Waals surface area contributed by atoms with E-state index in [2.05, 4.69) is 42.7 Å². The zero-order valence-electron chi connectivity index (χ0n) is 20.2. The molecule has 0 spiro atoms. The summed E-state index contributed by atoms with van der Waals surface area (Å²) in [5, 5.41) is 5.79. The van der Waals surface area contributed by atoms with Crippen molar-refractivity contribution in [1.29, 1.82) is 0 Å². The van der Waals surface area contributed by atoms with Crippen molar-refractivity contribution in [3.63, 3.8) is 0 Å². The number of rotatable bonds is 4. The first-order valence-corrected chi connectivity index (χ1v) is 12.3. The van der Waals surface area contributed by atoms with E-state index < -0.39 is 0 Å². The van der Waals surface area contributed by atoms with Gasteiger partial charge in [0, 0.05) is 16.9 Å².